The van der Waals surface area contributed by atoms with Crippen molar-refractivity contribution < 1.29 is 29.4 Å². The Morgan fingerprint density at radius 3 is 1.43 bits per heavy atom. The van der Waals surface area contributed by atoms with E-state index >= 15 is 0 Å². The van der Waals surface area contributed by atoms with Crippen LogP contribution in [0.25, 0.3) is 0 Å². The van der Waals surface area contributed by atoms with Crippen molar-refractivity contribution in [1.29, 1.82) is 0 Å². The van der Waals surface area contributed by atoms with Gasteiger partial charge in [0.2, 0.25) is 0 Å². The SMILES string of the molecule is OB(O)OC(c1ccccc1)C(OB(O)O)(c1ccccc1)c1ccccc1. The van der Waals surface area contributed by atoms with Crippen LogP contribution >= 0.6 is 0 Å². The molecule has 8 heteroatoms. The van der Waals surface area contributed by atoms with Gasteiger partial charge in [-0.05, 0) is 16.7 Å². The molecule has 0 aliphatic heterocycles. The lowest BCUT2D eigenvalue weighted by Crippen LogP contribution is -2.45. The lowest BCUT2D eigenvalue weighted by molar-refractivity contribution is -0.0619. The largest absolute Gasteiger partial charge is 0.634 e. The highest BCUT2D eigenvalue weighted by Crippen LogP contribution is 2.46. The Bertz CT molecular complexity index is 807. The van der Waals surface area contributed by atoms with Gasteiger partial charge in [-0.1, -0.05) is 91.0 Å². The van der Waals surface area contributed by atoms with Crippen molar-refractivity contribution in [2.45, 2.75) is 11.7 Å². The summed E-state index contributed by atoms with van der Waals surface area (Å²) in [7, 11) is -4.26. The minimum Gasteiger partial charge on any atom is -0.402 e. The zero-order valence-electron chi connectivity index (χ0n) is 15.0. The number of hydrogen-bond acceptors (Lipinski definition) is 6. The molecule has 3 aromatic rings. The molecule has 0 aliphatic rings. The average molecular weight is 378 g/mol. The first-order valence-corrected chi connectivity index (χ1v) is 8.75. The summed E-state index contributed by atoms with van der Waals surface area (Å²) in [4.78, 5) is 0. The van der Waals surface area contributed by atoms with Crippen molar-refractivity contribution in [3.05, 3.63) is 108 Å². The molecule has 3 rings (SSSR count). The van der Waals surface area contributed by atoms with Crippen molar-refractivity contribution in [2.75, 3.05) is 0 Å². The Hall–Kier alpha value is -2.45. The summed E-state index contributed by atoms with van der Waals surface area (Å²) in [5, 5.41) is 38.8. The Balaban J connectivity index is 2.31. The van der Waals surface area contributed by atoms with E-state index < -0.39 is 26.3 Å². The maximum atomic E-state index is 9.79. The van der Waals surface area contributed by atoms with E-state index in [9.17, 15) is 20.1 Å². The molecule has 142 valence electrons. The number of hydrogen-bond donors (Lipinski definition) is 4. The van der Waals surface area contributed by atoms with Crippen molar-refractivity contribution in [3.8, 4) is 0 Å². The van der Waals surface area contributed by atoms with Gasteiger partial charge in [-0.15, -0.1) is 0 Å². The molecule has 0 radical (unpaired) electrons. The van der Waals surface area contributed by atoms with Gasteiger partial charge in [-0.3, -0.25) is 0 Å². The second-order valence-electron chi connectivity index (χ2n) is 6.16. The quantitative estimate of drug-likeness (QED) is 0.445. The highest BCUT2D eigenvalue weighted by Gasteiger charge is 2.48. The first-order chi connectivity index (χ1) is 13.5. The fourth-order valence-electron chi connectivity index (χ4n) is 3.36. The predicted molar refractivity (Wildman–Crippen MR) is 105 cm³/mol. The maximum absolute atomic E-state index is 9.79. The summed E-state index contributed by atoms with van der Waals surface area (Å²) in [6, 6.07) is 26.5. The first kappa shape index (κ1) is 20.3. The van der Waals surface area contributed by atoms with Gasteiger partial charge in [0.05, 0.1) is 0 Å². The number of rotatable bonds is 8. The van der Waals surface area contributed by atoms with Gasteiger partial charge < -0.3 is 29.4 Å². The van der Waals surface area contributed by atoms with Gasteiger partial charge in [0.15, 0.2) is 0 Å². The second kappa shape index (κ2) is 9.16. The lowest BCUT2D eigenvalue weighted by Gasteiger charge is -2.42. The van der Waals surface area contributed by atoms with Crippen molar-refractivity contribution in [1.82, 2.24) is 0 Å². The Morgan fingerprint density at radius 1 is 0.607 bits per heavy atom. The first-order valence-electron chi connectivity index (χ1n) is 8.75. The van der Waals surface area contributed by atoms with E-state index in [1.165, 1.54) is 0 Å². The van der Waals surface area contributed by atoms with Crippen LogP contribution in [0.1, 0.15) is 22.8 Å². The number of benzene rings is 3. The van der Waals surface area contributed by atoms with Crippen molar-refractivity contribution in [2.24, 2.45) is 0 Å². The van der Waals surface area contributed by atoms with E-state index in [1.807, 2.05) is 18.2 Å². The fourth-order valence-corrected chi connectivity index (χ4v) is 3.36. The zero-order chi connectivity index (χ0) is 20.0. The fraction of sp³-hybridized carbons (Fsp3) is 0.100. The smallest absolute Gasteiger partial charge is 0.402 e. The molecule has 28 heavy (non-hydrogen) atoms. The van der Waals surface area contributed by atoms with Gasteiger partial charge in [-0.2, -0.15) is 0 Å². The van der Waals surface area contributed by atoms with Gasteiger partial charge >= 0.3 is 14.6 Å². The van der Waals surface area contributed by atoms with E-state index in [0.717, 1.165) is 0 Å². The molecule has 6 nitrogen and oxygen atoms in total. The van der Waals surface area contributed by atoms with Crippen LogP contribution in [0.15, 0.2) is 91.0 Å². The monoisotopic (exact) mass is 378 g/mol. The molecular weight excluding hydrogens is 358 g/mol. The molecular formula is C20H20B2O6. The summed E-state index contributed by atoms with van der Waals surface area (Å²) in [6.45, 7) is 0. The van der Waals surface area contributed by atoms with E-state index in [4.69, 9.17) is 9.31 Å². The molecule has 0 aromatic heterocycles. The third-order valence-corrected chi connectivity index (χ3v) is 4.43. The standard InChI is InChI=1S/C20H20B2O6/c23-21(24)27-19(16-10-4-1-5-11-16)20(28-22(25)26,17-12-6-2-7-13-17)18-14-8-3-9-15-18/h1-15,19,23-26H. The summed E-state index contributed by atoms with van der Waals surface area (Å²) in [6.07, 6.45) is -1.11. The molecule has 3 aromatic carbocycles. The average Bonchev–Trinajstić information content (AvgIpc) is 2.72. The molecule has 0 amide bonds. The second-order valence-corrected chi connectivity index (χ2v) is 6.16. The molecule has 4 N–H and O–H groups in total. The molecule has 0 saturated heterocycles. The molecule has 0 bridgehead atoms. The van der Waals surface area contributed by atoms with E-state index in [-0.39, 0.29) is 0 Å². The van der Waals surface area contributed by atoms with E-state index in [2.05, 4.69) is 0 Å². The highest BCUT2D eigenvalue weighted by atomic mass is 16.7. The summed E-state index contributed by atoms with van der Waals surface area (Å²) in [5.74, 6) is 0. The molecule has 0 saturated carbocycles. The normalized spacial score (nSPS) is 12.4. The van der Waals surface area contributed by atoms with Crippen LogP contribution in [0, 0.1) is 0 Å². The van der Waals surface area contributed by atoms with Gasteiger partial charge in [-0.25, -0.2) is 0 Å². The van der Waals surface area contributed by atoms with Gasteiger partial charge in [0, 0.05) is 0 Å². The molecule has 1 atom stereocenters. The highest BCUT2D eigenvalue weighted by molar-refractivity contribution is 6.33. The van der Waals surface area contributed by atoms with Crippen LogP contribution in [0.3, 0.4) is 0 Å². The van der Waals surface area contributed by atoms with E-state index in [0.29, 0.717) is 16.7 Å². The van der Waals surface area contributed by atoms with Crippen molar-refractivity contribution >= 4 is 14.6 Å². The molecule has 0 aliphatic carbocycles. The molecule has 0 fully saturated rings. The summed E-state index contributed by atoms with van der Waals surface area (Å²) >= 11 is 0. The van der Waals surface area contributed by atoms with Crippen LogP contribution < -0.4 is 0 Å². The third-order valence-electron chi connectivity index (χ3n) is 4.43. The molecule has 1 unspecified atom stereocenters. The minimum atomic E-state index is -2.15. The Kier molecular flexibility index (Phi) is 6.64. The van der Waals surface area contributed by atoms with Crippen LogP contribution in [-0.2, 0) is 14.9 Å². The summed E-state index contributed by atoms with van der Waals surface area (Å²) < 4.78 is 11.2. The molecule has 0 heterocycles. The zero-order valence-corrected chi connectivity index (χ0v) is 15.0. The van der Waals surface area contributed by atoms with Crippen LogP contribution in [0.2, 0.25) is 0 Å². The summed E-state index contributed by atoms with van der Waals surface area (Å²) in [5.41, 5.74) is 0.0680. The van der Waals surface area contributed by atoms with Crippen molar-refractivity contribution in [3.63, 3.8) is 0 Å². The lowest BCUT2D eigenvalue weighted by atomic mass is 9.77. The topological polar surface area (TPSA) is 99.4 Å². The Morgan fingerprint density at radius 2 is 1.04 bits per heavy atom. The van der Waals surface area contributed by atoms with Crippen LogP contribution in [0.5, 0.6) is 0 Å². The predicted octanol–water partition coefficient (Wildman–Crippen LogP) is 1.64. The minimum absolute atomic E-state index is 0.545. The van der Waals surface area contributed by atoms with Gasteiger partial charge in [0.1, 0.15) is 11.7 Å². The van der Waals surface area contributed by atoms with Gasteiger partial charge in [0.25, 0.3) is 0 Å². The maximum Gasteiger partial charge on any atom is 0.634 e. The molecule has 0 spiro atoms. The van der Waals surface area contributed by atoms with Crippen LogP contribution in [0.4, 0.5) is 0 Å². The Labute approximate surface area is 164 Å². The van der Waals surface area contributed by atoms with Crippen LogP contribution in [-0.4, -0.2) is 34.7 Å². The third kappa shape index (κ3) is 4.34. The van der Waals surface area contributed by atoms with E-state index in [1.54, 1.807) is 72.8 Å².